The normalized spacial score (nSPS) is 13.5. The summed E-state index contributed by atoms with van der Waals surface area (Å²) in [6.07, 6.45) is 2.93. The van der Waals surface area contributed by atoms with Gasteiger partial charge in [0.1, 0.15) is 0 Å². The van der Waals surface area contributed by atoms with Crippen LogP contribution in [0.5, 0.6) is 0 Å². The Morgan fingerprint density at radius 1 is 0.793 bits per heavy atom. The predicted molar refractivity (Wildman–Crippen MR) is 116 cm³/mol. The molecule has 2 amide bonds. The van der Waals surface area contributed by atoms with E-state index in [-0.39, 0.29) is 11.8 Å². The van der Waals surface area contributed by atoms with E-state index in [9.17, 15) is 9.59 Å². The maximum atomic E-state index is 13.1. The Balaban J connectivity index is 1.50. The zero-order chi connectivity index (χ0) is 20.1. The molecule has 4 rings (SSSR count). The predicted octanol–water partition coefficient (Wildman–Crippen LogP) is 4.87. The number of hydrogen-bond donors (Lipinski definition) is 1. The van der Waals surface area contributed by atoms with E-state index >= 15 is 0 Å². The van der Waals surface area contributed by atoms with Crippen LogP contribution in [0.1, 0.15) is 32.7 Å². The molecule has 0 spiro atoms. The highest BCUT2D eigenvalue weighted by atomic mass is 16.2. The van der Waals surface area contributed by atoms with Crippen LogP contribution in [0.15, 0.2) is 91.0 Å². The first-order valence-corrected chi connectivity index (χ1v) is 9.71. The minimum absolute atomic E-state index is 0.0719. The number of benzene rings is 3. The summed E-state index contributed by atoms with van der Waals surface area (Å²) < 4.78 is 0. The molecule has 3 aromatic rings. The SMILES string of the molecule is O=C(Nc1ccccc1C(=O)N1CC=C(c2ccccc2)CC1)c1ccccc1. The van der Waals surface area contributed by atoms with E-state index in [2.05, 4.69) is 23.5 Å². The molecule has 1 aliphatic heterocycles. The molecule has 0 saturated carbocycles. The van der Waals surface area contributed by atoms with Crippen molar-refractivity contribution in [1.29, 1.82) is 0 Å². The van der Waals surface area contributed by atoms with Crippen molar-refractivity contribution in [3.05, 3.63) is 108 Å². The van der Waals surface area contributed by atoms with Gasteiger partial charge in [-0.25, -0.2) is 0 Å². The molecule has 0 atom stereocenters. The topological polar surface area (TPSA) is 49.4 Å². The average molecular weight is 382 g/mol. The summed E-state index contributed by atoms with van der Waals surface area (Å²) in [7, 11) is 0. The Labute approximate surface area is 170 Å². The second kappa shape index (κ2) is 8.57. The third-order valence-electron chi connectivity index (χ3n) is 5.08. The van der Waals surface area contributed by atoms with E-state index in [1.54, 1.807) is 24.3 Å². The third-order valence-corrected chi connectivity index (χ3v) is 5.08. The van der Waals surface area contributed by atoms with E-state index in [1.165, 1.54) is 11.1 Å². The van der Waals surface area contributed by atoms with Crippen molar-refractivity contribution in [3.63, 3.8) is 0 Å². The molecule has 3 aromatic carbocycles. The molecule has 1 N–H and O–H groups in total. The minimum atomic E-state index is -0.226. The quantitative estimate of drug-likeness (QED) is 0.700. The molecular formula is C25H22N2O2. The lowest BCUT2D eigenvalue weighted by molar-refractivity contribution is 0.0774. The largest absolute Gasteiger partial charge is 0.335 e. The number of hydrogen-bond acceptors (Lipinski definition) is 2. The van der Waals surface area contributed by atoms with Crippen LogP contribution >= 0.6 is 0 Å². The van der Waals surface area contributed by atoms with Gasteiger partial charge in [0.15, 0.2) is 0 Å². The zero-order valence-electron chi connectivity index (χ0n) is 16.0. The average Bonchev–Trinajstić information content (AvgIpc) is 2.80. The number of carbonyl (C=O) groups is 2. The molecule has 0 radical (unpaired) electrons. The highest BCUT2D eigenvalue weighted by Crippen LogP contribution is 2.25. The molecule has 0 aromatic heterocycles. The lowest BCUT2D eigenvalue weighted by Crippen LogP contribution is -2.35. The Bertz CT molecular complexity index is 1040. The first-order valence-electron chi connectivity index (χ1n) is 9.71. The second-order valence-electron chi connectivity index (χ2n) is 6.96. The van der Waals surface area contributed by atoms with Gasteiger partial charge >= 0.3 is 0 Å². The molecule has 0 aliphatic carbocycles. The third kappa shape index (κ3) is 4.27. The van der Waals surface area contributed by atoms with Crippen LogP contribution in [-0.4, -0.2) is 29.8 Å². The first-order chi connectivity index (χ1) is 14.2. The fourth-order valence-electron chi connectivity index (χ4n) is 3.50. The Kier molecular flexibility index (Phi) is 5.52. The number of amides is 2. The van der Waals surface area contributed by atoms with Gasteiger partial charge in [-0.15, -0.1) is 0 Å². The van der Waals surface area contributed by atoms with Crippen LogP contribution in [0, 0.1) is 0 Å². The maximum Gasteiger partial charge on any atom is 0.256 e. The number of nitrogens with zero attached hydrogens (tertiary/aromatic N) is 1. The first kappa shape index (κ1) is 18.7. The Morgan fingerprint density at radius 2 is 1.45 bits per heavy atom. The fourth-order valence-corrected chi connectivity index (χ4v) is 3.50. The molecular weight excluding hydrogens is 360 g/mol. The monoisotopic (exact) mass is 382 g/mol. The van der Waals surface area contributed by atoms with E-state index in [4.69, 9.17) is 0 Å². The highest BCUT2D eigenvalue weighted by molar-refractivity contribution is 6.09. The summed E-state index contributed by atoms with van der Waals surface area (Å²) >= 11 is 0. The lowest BCUT2D eigenvalue weighted by atomic mass is 9.99. The van der Waals surface area contributed by atoms with Crippen molar-refractivity contribution in [3.8, 4) is 0 Å². The van der Waals surface area contributed by atoms with Crippen LogP contribution in [-0.2, 0) is 0 Å². The molecule has 0 saturated heterocycles. The smallest absolute Gasteiger partial charge is 0.256 e. The van der Waals surface area contributed by atoms with Gasteiger partial charge in [-0.2, -0.15) is 0 Å². The Hall–Kier alpha value is -3.66. The number of carbonyl (C=O) groups excluding carboxylic acids is 2. The van der Waals surface area contributed by atoms with Crippen molar-refractivity contribution >= 4 is 23.1 Å². The molecule has 0 unspecified atom stereocenters. The summed E-state index contributed by atoms with van der Waals surface area (Å²) in [4.78, 5) is 27.5. The minimum Gasteiger partial charge on any atom is -0.335 e. The molecule has 4 nitrogen and oxygen atoms in total. The van der Waals surface area contributed by atoms with Gasteiger partial charge in [-0.05, 0) is 41.8 Å². The zero-order valence-corrected chi connectivity index (χ0v) is 16.0. The summed E-state index contributed by atoms with van der Waals surface area (Å²) in [5.74, 6) is -0.298. The number of nitrogens with one attached hydrogen (secondary N) is 1. The number of anilines is 1. The van der Waals surface area contributed by atoms with Crippen LogP contribution in [0.25, 0.3) is 5.57 Å². The van der Waals surface area contributed by atoms with Gasteiger partial charge in [0.2, 0.25) is 0 Å². The summed E-state index contributed by atoms with van der Waals surface area (Å²) in [5, 5.41) is 2.88. The standard InChI is InChI=1S/C25H22N2O2/c28-24(21-11-5-2-6-12-21)26-23-14-8-7-13-22(23)25(29)27-17-15-20(16-18-27)19-9-3-1-4-10-19/h1-15H,16-18H2,(H,26,28). The van der Waals surface area contributed by atoms with Crippen LogP contribution < -0.4 is 5.32 Å². The summed E-state index contributed by atoms with van der Waals surface area (Å²) in [5.41, 5.74) is 4.07. The van der Waals surface area contributed by atoms with Crippen molar-refractivity contribution in [1.82, 2.24) is 4.90 Å². The van der Waals surface area contributed by atoms with Gasteiger partial charge in [0.05, 0.1) is 11.3 Å². The number of rotatable bonds is 4. The molecule has 0 fully saturated rings. The van der Waals surface area contributed by atoms with Gasteiger partial charge in [-0.3, -0.25) is 9.59 Å². The molecule has 4 heteroatoms. The molecule has 1 heterocycles. The highest BCUT2D eigenvalue weighted by Gasteiger charge is 2.22. The van der Waals surface area contributed by atoms with Crippen molar-refractivity contribution < 1.29 is 9.59 Å². The van der Waals surface area contributed by atoms with Gasteiger partial charge in [-0.1, -0.05) is 66.7 Å². The van der Waals surface area contributed by atoms with Gasteiger partial charge in [0.25, 0.3) is 11.8 Å². The molecule has 29 heavy (non-hydrogen) atoms. The molecule has 0 bridgehead atoms. The summed E-state index contributed by atoms with van der Waals surface area (Å²) in [6, 6.07) is 26.4. The van der Waals surface area contributed by atoms with Gasteiger partial charge in [0, 0.05) is 18.7 Å². The number of para-hydroxylation sites is 1. The van der Waals surface area contributed by atoms with E-state index in [0.29, 0.717) is 29.9 Å². The van der Waals surface area contributed by atoms with Crippen LogP contribution in [0.4, 0.5) is 5.69 Å². The van der Waals surface area contributed by atoms with Gasteiger partial charge < -0.3 is 10.2 Å². The lowest BCUT2D eigenvalue weighted by Gasteiger charge is -2.27. The van der Waals surface area contributed by atoms with E-state index < -0.39 is 0 Å². The fraction of sp³-hybridized carbons (Fsp3) is 0.120. The van der Waals surface area contributed by atoms with E-state index in [0.717, 1.165) is 6.42 Å². The molecule has 1 aliphatic rings. The van der Waals surface area contributed by atoms with E-state index in [1.807, 2.05) is 53.4 Å². The van der Waals surface area contributed by atoms with Crippen molar-refractivity contribution in [2.24, 2.45) is 0 Å². The Morgan fingerprint density at radius 3 is 2.14 bits per heavy atom. The van der Waals surface area contributed by atoms with Crippen molar-refractivity contribution in [2.45, 2.75) is 6.42 Å². The molecule has 144 valence electrons. The van der Waals surface area contributed by atoms with Crippen molar-refractivity contribution in [2.75, 3.05) is 18.4 Å². The maximum absolute atomic E-state index is 13.1. The van der Waals surface area contributed by atoms with Crippen LogP contribution in [0.3, 0.4) is 0 Å². The second-order valence-corrected chi connectivity index (χ2v) is 6.96. The van der Waals surface area contributed by atoms with Crippen LogP contribution in [0.2, 0.25) is 0 Å². The summed E-state index contributed by atoms with van der Waals surface area (Å²) in [6.45, 7) is 1.21.